The number of halogens is 7. The van der Waals surface area contributed by atoms with Crippen LogP contribution in [0.4, 0.5) is 30.7 Å². The second kappa shape index (κ2) is 9.88. The highest BCUT2D eigenvalue weighted by Gasteiger charge is 2.73. The highest BCUT2D eigenvalue weighted by Crippen LogP contribution is 2.44. The third-order valence-electron chi connectivity index (χ3n) is 3.90. The second-order valence-electron chi connectivity index (χ2n) is 6.30. The molecular formula is C20H17F7N2O3. The molecule has 0 saturated heterocycles. The topological polar surface area (TPSA) is 59.9 Å². The average molecular weight is 466 g/mol. The van der Waals surface area contributed by atoms with Crippen molar-refractivity contribution in [3.63, 3.8) is 0 Å². The van der Waals surface area contributed by atoms with Crippen LogP contribution >= 0.6 is 0 Å². The Bertz CT molecular complexity index is 945. The van der Waals surface area contributed by atoms with Gasteiger partial charge in [-0.05, 0) is 42.3 Å². The Kier molecular flexibility index (Phi) is 7.70. The van der Waals surface area contributed by atoms with E-state index in [0.29, 0.717) is 22.8 Å². The van der Waals surface area contributed by atoms with Gasteiger partial charge in [-0.2, -0.15) is 35.8 Å². The standard InChI is InChI=1S/C20H17F7N2O3/c1-2-31-17(30)15-8-6-13(7-9-15)12-32-16-5-3-4-14(10-16)11-28-29-20(26,27)18(21,22)19(23,24)25/h3-11,29H,2,12H2,1H3/b28-11-. The molecule has 0 unspecified atom stereocenters. The summed E-state index contributed by atoms with van der Waals surface area (Å²) >= 11 is 0. The molecule has 0 aliphatic carbocycles. The van der Waals surface area contributed by atoms with E-state index in [1.807, 2.05) is 0 Å². The summed E-state index contributed by atoms with van der Waals surface area (Å²) in [7, 11) is 0. The van der Waals surface area contributed by atoms with Crippen molar-refractivity contribution in [3.05, 3.63) is 65.2 Å². The van der Waals surface area contributed by atoms with Gasteiger partial charge in [-0.1, -0.05) is 24.3 Å². The summed E-state index contributed by atoms with van der Waals surface area (Å²) in [6.45, 7) is 1.98. The van der Waals surface area contributed by atoms with Crippen molar-refractivity contribution in [2.45, 2.75) is 31.7 Å². The molecule has 2 aromatic rings. The van der Waals surface area contributed by atoms with Crippen LogP contribution in [0.1, 0.15) is 28.4 Å². The molecule has 0 heterocycles. The Morgan fingerprint density at radius 2 is 1.69 bits per heavy atom. The first kappa shape index (κ1) is 25.0. The molecule has 1 N–H and O–H groups in total. The number of carbonyl (C=O) groups excluding carboxylic acids is 1. The summed E-state index contributed by atoms with van der Waals surface area (Å²) in [5, 5.41) is 2.79. The molecule has 174 valence electrons. The third kappa shape index (κ3) is 6.11. The van der Waals surface area contributed by atoms with Crippen LogP contribution in [0.25, 0.3) is 0 Å². The molecule has 0 saturated carbocycles. The fraction of sp³-hybridized carbons (Fsp3) is 0.300. The molecule has 5 nitrogen and oxygen atoms in total. The number of esters is 1. The van der Waals surface area contributed by atoms with Crippen molar-refractivity contribution in [1.82, 2.24) is 5.43 Å². The zero-order chi connectivity index (χ0) is 24.0. The fourth-order valence-corrected chi connectivity index (χ4v) is 2.24. The van der Waals surface area contributed by atoms with E-state index in [-0.39, 0.29) is 24.5 Å². The number of hydrogen-bond acceptors (Lipinski definition) is 5. The molecular weight excluding hydrogens is 449 g/mol. The minimum atomic E-state index is -6.46. The van der Waals surface area contributed by atoms with E-state index >= 15 is 0 Å². The number of benzene rings is 2. The van der Waals surface area contributed by atoms with Crippen molar-refractivity contribution in [3.8, 4) is 5.75 Å². The SMILES string of the molecule is CCOC(=O)c1ccc(COc2cccc(/C=N\NC(F)(F)C(F)(F)C(F)(F)F)c2)cc1. The maximum Gasteiger partial charge on any atom is 0.462 e. The molecule has 12 heteroatoms. The number of hydrazone groups is 1. The number of nitrogens with zero attached hydrogens (tertiary/aromatic N) is 1. The van der Waals surface area contributed by atoms with Crippen molar-refractivity contribution >= 4 is 12.2 Å². The van der Waals surface area contributed by atoms with Gasteiger partial charge in [0.25, 0.3) is 0 Å². The lowest BCUT2D eigenvalue weighted by atomic mass is 10.1. The van der Waals surface area contributed by atoms with E-state index in [2.05, 4.69) is 5.10 Å². The zero-order valence-corrected chi connectivity index (χ0v) is 16.4. The Balaban J connectivity index is 1.98. The Morgan fingerprint density at radius 3 is 2.28 bits per heavy atom. The molecule has 0 aliphatic heterocycles. The largest absolute Gasteiger partial charge is 0.489 e. The number of rotatable bonds is 9. The van der Waals surface area contributed by atoms with Gasteiger partial charge in [0.05, 0.1) is 18.4 Å². The number of ether oxygens (including phenoxy) is 2. The van der Waals surface area contributed by atoms with Gasteiger partial charge in [-0.15, -0.1) is 0 Å². The lowest BCUT2D eigenvalue weighted by Crippen LogP contribution is -2.58. The smallest absolute Gasteiger partial charge is 0.462 e. The first-order valence-electron chi connectivity index (χ1n) is 8.99. The van der Waals surface area contributed by atoms with Crippen molar-refractivity contribution in [1.29, 1.82) is 0 Å². The summed E-state index contributed by atoms with van der Waals surface area (Å²) in [6, 6.07) is 6.28. The summed E-state index contributed by atoms with van der Waals surface area (Å²) in [6.07, 6.45) is -5.82. The minimum Gasteiger partial charge on any atom is -0.489 e. The van der Waals surface area contributed by atoms with Gasteiger partial charge in [0.1, 0.15) is 12.4 Å². The molecule has 2 aromatic carbocycles. The predicted molar refractivity (Wildman–Crippen MR) is 99.9 cm³/mol. The first-order chi connectivity index (χ1) is 14.9. The quantitative estimate of drug-likeness (QED) is 0.183. The van der Waals surface area contributed by atoms with E-state index in [0.717, 1.165) is 0 Å². The van der Waals surface area contributed by atoms with Crippen molar-refractivity contribution in [2.75, 3.05) is 6.61 Å². The summed E-state index contributed by atoms with van der Waals surface area (Å²) in [4.78, 5) is 11.6. The van der Waals surface area contributed by atoms with Crippen molar-refractivity contribution < 1.29 is 45.0 Å². The maximum absolute atomic E-state index is 13.2. The lowest BCUT2D eigenvalue weighted by Gasteiger charge is -2.27. The van der Waals surface area contributed by atoms with Gasteiger partial charge in [0.15, 0.2) is 0 Å². The van der Waals surface area contributed by atoms with Gasteiger partial charge >= 0.3 is 24.1 Å². The molecule has 32 heavy (non-hydrogen) atoms. The molecule has 0 aliphatic rings. The van der Waals surface area contributed by atoms with Crippen LogP contribution < -0.4 is 10.2 Å². The van der Waals surface area contributed by atoms with Gasteiger partial charge in [-0.3, -0.25) is 0 Å². The number of nitrogens with one attached hydrogen (secondary N) is 1. The highest BCUT2D eigenvalue weighted by molar-refractivity contribution is 5.89. The monoisotopic (exact) mass is 466 g/mol. The van der Waals surface area contributed by atoms with Crippen LogP contribution in [-0.2, 0) is 11.3 Å². The Morgan fingerprint density at radius 1 is 1.03 bits per heavy atom. The number of alkyl halides is 7. The molecule has 0 fully saturated rings. The second-order valence-corrected chi connectivity index (χ2v) is 6.30. The van der Waals surface area contributed by atoms with Gasteiger partial charge < -0.3 is 9.47 Å². The zero-order valence-electron chi connectivity index (χ0n) is 16.4. The molecule has 0 spiro atoms. The molecule has 0 aromatic heterocycles. The van der Waals surface area contributed by atoms with E-state index in [9.17, 15) is 35.5 Å². The number of hydrogen-bond donors (Lipinski definition) is 1. The van der Waals surface area contributed by atoms with E-state index < -0.39 is 24.1 Å². The maximum atomic E-state index is 13.2. The van der Waals surface area contributed by atoms with Crippen LogP contribution in [0.2, 0.25) is 0 Å². The average Bonchev–Trinajstić information content (AvgIpc) is 2.72. The molecule has 0 bridgehead atoms. The Labute approximate surface area is 177 Å². The lowest BCUT2D eigenvalue weighted by molar-refractivity contribution is -0.361. The summed E-state index contributed by atoms with van der Waals surface area (Å²) < 4.78 is 98.6. The minimum absolute atomic E-state index is 0.0673. The van der Waals surface area contributed by atoms with Gasteiger partial charge in [0, 0.05) is 0 Å². The van der Waals surface area contributed by atoms with Crippen LogP contribution in [0.5, 0.6) is 5.75 Å². The third-order valence-corrected chi connectivity index (χ3v) is 3.90. The van der Waals surface area contributed by atoms with E-state index in [4.69, 9.17) is 9.47 Å². The van der Waals surface area contributed by atoms with Crippen LogP contribution in [-0.4, -0.2) is 36.9 Å². The molecule has 2 rings (SSSR count). The van der Waals surface area contributed by atoms with Crippen LogP contribution in [0.15, 0.2) is 53.6 Å². The van der Waals surface area contributed by atoms with Crippen molar-refractivity contribution in [2.24, 2.45) is 5.10 Å². The highest BCUT2D eigenvalue weighted by atomic mass is 19.4. The summed E-state index contributed by atoms with van der Waals surface area (Å²) in [5.74, 6) is -6.54. The Hall–Kier alpha value is -3.31. The van der Waals surface area contributed by atoms with Gasteiger partial charge in [-0.25, -0.2) is 10.2 Å². The summed E-state index contributed by atoms with van der Waals surface area (Å²) in [5.41, 5.74) is 1.68. The number of carbonyl (C=O) groups is 1. The predicted octanol–water partition coefficient (Wildman–Crippen LogP) is 5.16. The first-order valence-corrected chi connectivity index (χ1v) is 8.99. The molecule has 0 amide bonds. The van der Waals surface area contributed by atoms with E-state index in [1.54, 1.807) is 31.2 Å². The normalized spacial score (nSPS) is 12.6. The van der Waals surface area contributed by atoms with E-state index in [1.165, 1.54) is 24.3 Å². The van der Waals surface area contributed by atoms with Gasteiger partial charge in [0.2, 0.25) is 0 Å². The molecule has 0 radical (unpaired) electrons. The van der Waals surface area contributed by atoms with Crippen LogP contribution in [0.3, 0.4) is 0 Å². The van der Waals surface area contributed by atoms with Crippen LogP contribution in [0, 0.1) is 0 Å². The fourth-order valence-electron chi connectivity index (χ4n) is 2.24. The molecule has 0 atom stereocenters.